The highest BCUT2D eigenvalue weighted by atomic mass is 15.2. The molecule has 1 aliphatic heterocycles. The van der Waals surface area contributed by atoms with E-state index in [0.717, 1.165) is 24.7 Å². The van der Waals surface area contributed by atoms with Crippen molar-refractivity contribution < 1.29 is 0 Å². The first-order chi connectivity index (χ1) is 8.99. The molecule has 1 saturated heterocycles. The summed E-state index contributed by atoms with van der Waals surface area (Å²) in [6.07, 6.45) is 3.72. The van der Waals surface area contributed by atoms with E-state index in [2.05, 4.69) is 42.6 Å². The third-order valence-electron chi connectivity index (χ3n) is 4.53. The minimum Gasteiger partial charge on any atom is -0.384 e. The van der Waals surface area contributed by atoms with Gasteiger partial charge in [-0.3, -0.25) is 0 Å². The molecular weight excluding hydrogens is 236 g/mol. The predicted octanol–water partition coefficient (Wildman–Crippen LogP) is 3.20. The molecule has 0 amide bonds. The zero-order chi connectivity index (χ0) is 14.0. The fourth-order valence-electron chi connectivity index (χ4n) is 2.85. The van der Waals surface area contributed by atoms with Gasteiger partial charge >= 0.3 is 0 Å². The van der Waals surface area contributed by atoms with E-state index in [1.165, 1.54) is 19.3 Å². The Morgan fingerprint density at radius 2 is 2.00 bits per heavy atom. The summed E-state index contributed by atoms with van der Waals surface area (Å²) < 4.78 is 0. The van der Waals surface area contributed by atoms with Crippen molar-refractivity contribution in [3.05, 3.63) is 11.9 Å². The summed E-state index contributed by atoms with van der Waals surface area (Å²) in [4.78, 5) is 11.4. The molecule has 0 aliphatic carbocycles. The number of rotatable bonds is 4. The lowest BCUT2D eigenvalue weighted by atomic mass is 9.82. The normalized spacial score (nSPS) is 18.3. The monoisotopic (exact) mass is 262 g/mol. The van der Waals surface area contributed by atoms with Gasteiger partial charge in [0.2, 0.25) is 0 Å². The summed E-state index contributed by atoms with van der Waals surface area (Å²) in [6, 6.07) is 1.91. The van der Waals surface area contributed by atoms with Crippen LogP contribution in [0.4, 0.5) is 11.6 Å². The lowest BCUT2D eigenvalue weighted by Gasteiger charge is -2.27. The van der Waals surface area contributed by atoms with E-state index in [0.29, 0.717) is 17.2 Å². The highest BCUT2D eigenvalue weighted by Crippen LogP contribution is 2.38. The fraction of sp³-hybridized carbons (Fsp3) is 0.733. The molecule has 2 N–H and O–H groups in total. The van der Waals surface area contributed by atoms with Crippen molar-refractivity contribution in [1.82, 2.24) is 9.97 Å². The maximum atomic E-state index is 5.92. The van der Waals surface area contributed by atoms with E-state index in [9.17, 15) is 0 Å². The lowest BCUT2D eigenvalue weighted by molar-refractivity contribution is 0.301. The molecular formula is C15H26N4. The second-order valence-corrected chi connectivity index (χ2v) is 6.04. The maximum absolute atomic E-state index is 5.92. The van der Waals surface area contributed by atoms with Crippen LogP contribution < -0.4 is 10.6 Å². The summed E-state index contributed by atoms with van der Waals surface area (Å²) in [5, 5.41) is 0. The smallest absolute Gasteiger partial charge is 0.135 e. The van der Waals surface area contributed by atoms with Crippen LogP contribution in [0.1, 0.15) is 58.7 Å². The molecule has 0 saturated carbocycles. The third kappa shape index (κ3) is 2.82. The van der Waals surface area contributed by atoms with Gasteiger partial charge < -0.3 is 10.6 Å². The van der Waals surface area contributed by atoms with Crippen molar-refractivity contribution >= 4 is 11.6 Å². The number of aromatic nitrogens is 2. The van der Waals surface area contributed by atoms with Crippen LogP contribution >= 0.6 is 0 Å². The van der Waals surface area contributed by atoms with Gasteiger partial charge in [-0.2, -0.15) is 0 Å². The minimum absolute atomic E-state index is 0.312. The molecule has 106 valence electrons. The van der Waals surface area contributed by atoms with Crippen LogP contribution in [0.25, 0.3) is 0 Å². The first kappa shape index (κ1) is 14.1. The Bertz CT molecular complexity index is 438. The molecule has 1 fully saturated rings. The molecule has 1 aromatic rings. The number of hydrogen-bond donors (Lipinski definition) is 1. The summed E-state index contributed by atoms with van der Waals surface area (Å²) in [5.41, 5.74) is 6.38. The van der Waals surface area contributed by atoms with Crippen LogP contribution in [0.3, 0.4) is 0 Å². The van der Waals surface area contributed by atoms with Crippen molar-refractivity contribution in [2.75, 3.05) is 23.7 Å². The van der Waals surface area contributed by atoms with E-state index in [1.807, 2.05) is 6.07 Å². The molecule has 1 aliphatic rings. The van der Waals surface area contributed by atoms with E-state index >= 15 is 0 Å². The summed E-state index contributed by atoms with van der Waals surface area (Å²) >= 11 is 0. The van der Waals surface area contributed by atoms with Crippen molar-refractivity contribution in [2.24, 2.45) is 5.41 Å². The number of anilines is 2. The van der Waals surface area contributed by atoms with Crippen LogP contribution in [0.5, 0.6) is 0 Å². The fourth-order valence-corrected chi connectivity index (χ4v) is 2.85. The molecule has 0 radical (unpaired) electrons. The SMILES string of the molecule is CCC1(CC)CCN(c2cc(N)nc(C(C)C)n2)C1. The van der Waals surface area contributed by atoms with Gasteiger partial charge in [0.1, 0.15) is 17.5 Å². The van der Waals surface area contributed by atoms with Gasteiger partial charge in [-0.1, -0.05) is 27.7 Å². The molecule has 19 heavy (non-hydrogen) atoms. The zero-order valence-electron chi connectivity index (χ0n) is 12.6. The van der Waals surface area contributed by atoms with Crippen LogP contribution in [0, 0.1) is 5.41 Å². The van der Waals surface area contributed by atoms with Gasteiger partial charge in [0.15, 0.2) is 0 Å². The Kier molecular flexibility index (Phi) is 3.97. The van der Waals surface area contributed by atoms with Crippen LogP contribution in [0.15, 0.2) is 6.07 Å². The highest BCUT2D eigenvalue weighted by molar-refractivity contribution is 5.48. The summed E-state index contributed by atoms with van der Waals surface area (Å²) in [5.74, 6) is 2.74. The molecule has 4 nitrogen and oxygen atoms in total. The van der Waals surface area contributed by atoms with E-state index in [4.69, 9.17) is 5.73 Å². The van der Waals surface area contributed by atoms with Crippen molar-refractivity contribution in [3.8, 4) is 0 Å². The van der Waals surface area contributed by atoms with E-state index in [1.54, 1.807) is 0 Å². The first-order valence-electron chi connectivity index (χ1n) is 7.39. The van der Waals surface area contributed by atoms with Gasteiger partial charge in [0.05, 0.1) is 0 Å². The van der Waals surface area contributed by atoms with Crippen LogP contribution in [0.2, 0.25) is 0 Å². The van der Waals surface area contributed by atoms with Crippen molar-refractivity contribution in [2.45, 2.75) is 52.9 Å². The van der Waals surface area contributed by atoms with Gasteiger partial charge in [-0.25, -0.2) is 9.97 Å². The van der Waals surface area contributed by atoms with Crippen LogP contribution in [-0.4, -0.2) is 23.1 Å². The second-order valence-electron chi connectivity index (χ2n) is 6.04. The average Bonchev–Trinajstić information content (AvgIpc) is 2.83. The maximum Gasteiger partial charge on any atom is 0.135 e. The largest absolute Gasteiger partial charge is 0.384 e. The summed E-state index contributed by atoms with van der Waals surface area (Å²) in [7, 11) is 0. The second kappa shape index (κ2) is 5.35. The molecule has 0 atom stereocenters. The molecule has 2 rings (SSSR count). The Hall–Kier alpha value is -1.32. The first-order valence-corrected chi connectivity index (χ1v) is 7.39. The van der Waals surface area contributed by atoms with Crippen molar-refractivity contribution in [1.29, 1.82) is 0 Å². The Labute approximate surface area is 116 Å². The topological polar surface area (TPSA) is 55.0 Å². The minimum atomic E-state index is 0.312. The van der Waals surface area contributed by atoms with E-state index in [-0.39, 0.29) is 0 Å². The number of nitrogens with two attached hydrogens (primary N) is 1. The van der Waals surface area contributed by atoms with Gasteiger partial charge in [0, 0.05) is 25.1 Å². The lowest BCUT2D eigenvalue weighted by Crippen LogP contribution is -2.27. The number of nitrogen functional groups attached to an aromatic ring is 1. The molecule has 0 bridgehead atoms. The molecule has 0 spiro atoms. The van der Waals surface area contributed by atoms with Crippen molar-refractivity contribution in [3.63, 3.8) is 0 Å². The standard InChI is InChI=1S/C15H26N4/c1-5-15(6-2)7-8-19(10-15)13-9-12(16)17-14(18-13)11(3)4/h9,11H,5-8,10H2,1-4H3,(H2,16,17,18). The zero-order valence-corrected chi connectivity index (χ0v) is 12.6. The molecule has 1 aromatic heterocycles. The van der Waals surface area contributed by atoms with Gasteiger partial charge in [-0.05, 0) is 24.7 Å². The molecule has 0 unspecified atom stereocenters. The van der Waals surface area contributed by atoms with Crippen LogP contribution in [-0.2, 0) is 0 Å². The average molecular weight is 262 g/mol. The number of nitrogens with zero attached hydrogens (tertiary/aromatic N) is 3. The predicted molar refractivity (Wildman–Crippen MR) is 80.4 cm³/mol. The van der Waals surface area contributed by atoms with E-state index < -0.39 is 0 Å². The third-order valence-corrected chi connectivity index (χ3v) is 4.53. The van der Waals surface area contributed by atoms with Gasteiger partial charge in [-0.15, -0.1) is 0 Å². The highest BCUT2D eigenvalue weighted by Gasteiger charge is 2.35. The molecule has 0 aromatic carbocycles. The van der Waals surface area contributed by atoms with Gasteiger partial charge in [0.25, 0.3) is 0 Å². The summed E-state index contributed by atoms with van der Waals surface area (Å²) in [6.45, 7) is 11.0. The quantitative estimate of drug-likeness (QED) is 0.905. The molecule has 2 heterocycles. The Morgan fingerprint density at radius 1 is 1.32 bits per heavy atom. The number of hydrogen-bond acceptors (Lipinski definition) is 4. The Morgan fingerprint density at radius 3 is 2.53 bits per heavy atom. The Balaban J connectivity index is 2.24. The molecule has 4 heteroatoms.